The van der Waals surface area contributed by atoms with Gasteiger partial charge in [-0.1, -0.05) is 18.2 Å². The quantitative estimate of drug-likeness (QED) is 0.511. The van der Waals surface area contributed by atoms with Crippen molar-refractivity contribution in [1.29, 1.82) is 0 Å². The second kappa shape index (κ2) is 7.13. The van der Waals surface area contributed by atoms with Crippen LogP contribution in [0.15, 0.2) is 59.4 Å². The molecule has 2 heterocycles. The van der Waals surface area contributed by atoms with E-state index >= 15 is 0 Å². The van der Waals surface area contributed by atoms with Crippen LogP contribution in [0.3, 0.4) is 0 Å². The average molecular weight is 391 g/mol. The molecular formula is C22H21N3O2S. The first-order chi connectivity index (χ1) is 13.5. The summed E-state index contributed by atoms with van der Waals surface area (Å²) in [5.41, 5.74) is 4.10. The van der Waals surface area contributed by atoms with Crippen molar-refractivity contribution in [2.75, 3.05) is 7.11 Å². The summed E-state index contributed by atoms with van der Waals surface area (Å²) in [7, 11) is 3.55. The van der Waals surface area contributed by atoms with E-state index in [0.717, 1.165) is 38.3 Å². The third-order valence-electron chi connectivity index (χ3n) is 4.92. The number of nitrogens with zero attached hydrogens (tertiary/aromatic N) is 3. The van der Waals surface area contributed by atoms with Gasteiger partial charge in [0.1, 0.15) is 10.8 Å². The number of methoxy groups -OCH3 is 1. The topological polar surface area (TPSA) is 49.0 Å². The molecule has 4 aromatic rings. The van der Waals surface area contributed by atoms with Crippen molar-refractivity contribution in [3.8, 4) is 33.3 Å². The summed E-state index contributed by atoms with van der Waals surface area (Å²) >= 11 is 1.59. The number of thiazole rings is 1. The van der Waals surface area contributed by atoms with Gasteiger partial charge in [0.2, 0.25) is 0 Å². The van der Waals surface area contributed by atoms with E-state index in [1.807, 2.05) is 80.2 Å². The number of hydrogen-bond acceptors (Lipinski definition) is 4. The zero-order chi connectivity index (χ0) is 19.8. The number of para-hydroxylation sites is 1. The second-order valence-corrected chi connectivity index (χ2v) is 7.79. The number of rotatable bonds is 4. The van der Waals surface area contributed by atoms with Crippen LogP contribution in [0.5, 0.6) is 5.75 Å². The van der Waals surface area contributed by atoms with Crippen LogP contribution in [0.25, 0.3) is 27.5 Å². The second-order valence-electron chi connectivity index (χ2n) is 6.59. The predicted octanol–water partition coefficient (Wildman–Crippen LogP) is 4.59. The molecule has 0 aliphatic carbocycles. The minimum atomic E-state index is -0.0547. The SMILES string of the molecule is COc1ccc(-c2nc(-c3c(C)n(C)n(-c4ccccc4)c3=O)c(C)s2)cc1. The Morgan fingerprint density at radius 2 is 1.68 bits per heavy atom. The van der Waals surface area contributed by atoms with E-state index in [1.54, 1.807) is 23.1 Å². The zero-order valence-electron chi connectivity index (χ0n) is 16.3. The van der Waals surface area contributed by atoms with Gasteiger partial charge in [0.05, 0.1) is 24.1 Å². The van der Waals surface area contributed by atoms with Crippen molar-refractivity contribution in [2.45, 2.75) is 13.8 Å². The number of aromatic nitrogens is 3. The maximum Gasteiger partial charge on any atom is 0.281 e. The van der Waals surface area contributed by atoms with E-state index in [1.165, 1.54) is 0 Å². The minimum absolute atomic E-state index is 0.0547. The molecular weight excluding hydrogens is 370 g/mol. The molecule has 2 aromatic carbocycles. The van der Waals surface area contributed by atoms with Crippen molar-refractivity contribution in [3.63, 3.8) is 0 Å². The molecule has 4 rings (SSSR count). The third kappa shape index (κ3) is 2.96. The molecule has 0 aliphatic rings. The van der Waals surface area contributed by atoms with Crippen LogP contribution in [0.2, 0.25) is 0 Å². The largest absolute Gasteiger partial charge is 0.497 e. The molecule has 0 aliphatic heterocycles. The first kappa shape index (κ1) is 18.3. The molecule has 0 spiro atoms. The molecule has 0 fully saturated rings. The highest BCUT2D eigenvalue weighted by Crippen LogP contribution is 2.34. The van der Waals surface area contributed by atoms with E-state index in [0.29, 0.717) is 5.56 Å². The van der Waals surface area contributed by atoms with Crippen LogP contribution in [-0.2, 0) is 7.05 Å². The first-order valence-corrected chi connectivity index (χ1v) is 9.79. The predicted molar refractivity (Wildman–Crippen MR) is 114 cm³/mol. The number of benzene rings is 2. The Balaban J connectivity index is 1.84. The summed E-state index contributed by atoms with van der Waals surface area (Å²) in [6.45, 7) is 3.97. The van der Waals surface area contributed by atoms with Crippen molar-refractivity contribution < 1.29 is 4.74 Å². The van der Waals surface area contributed by atoms with E-state index in [-0.39, 0.29) is 5.56 Å². The van der Waals surface area contributed by atoms with E-state index in [9.17, 15) is 4.79 Å². The lowest BCUT2D eigenvalue weighted by Gasteiger charge is -2.07. The van der Waals surface area contributed by atoms with Gasteiger partial charge in [-0.3, -0.25) is 9.48 Å². The Kier molecular flexibility index (Phi) is 4.65. The molecule has 0 N–H and O–H groups in total. The molecule has 0 bridgehead atoms. The van der Waals surface area contributed by atoms with Crippen molar-refractivity contribution in [3.05, 3.63) is 75.5 Å². The van der Waals surface area contributed by atoms with Crippen LogP contribution < -0.4 is 10.3 Å². The summed E-state index contributed by atoms with van der Waals surface area (Å²) < 4.78 is 8.81. The first-order valence-electron chi connectivity index (χ1n) is 8.97. The highest BCUT2D eigenvalue weighted by Gasteiger charge is 2.22. The zero-order valence-corrected chi connectivity index (χ0v) is 17.1. The number of ether oxygens (including phenoxy) is 1. The maximum atomic E-state index is 13.3. The van der Waals surface area contributed by atoms with E-state index in [4.69, 9.17) is 9.72 Å². The Labute approximate surface area is 167 Å². The highest BCUT2D eigenvalue weighted by molar-refractivity contribution is 7.15. The molecule has 0 amide bonds. The van der Waals surface area contributed by atoms with Gasteiger partial charge in [0, 0.05) is 23.2 Å². The Hall–Kier alpha value is -3.12. The fourth-order valence-electron chi connectivity index (χ4n) is 3.33. The summed E-state index contributed by atoms with van der Waals surface area (Å²) in [6, 6.07) is 17.5. The number of hydrogen-bond donors (Lipinski definition) is 0. The van der Waals surface area contributed by atoms with Crippen molar-refractivity contribution in [1.82, 2.24) is 14.3 Å². The van der Waals surface area contributed by atoms with Gasteiger partial charge in [-0.05, 0) is 50.2 Å². The van der Waals surface area contributed by atoms with Crippen LogP contribution >= 0.6 is 11.3 Å². The lowest BCUT2D eigenvalue weighted by molar-refractivity contribution is 0.415. The van der Waals surface area contributed by atoms with E-state index < -0.39 is 0 Å². The summed E-state index contributed by atoms with van der Waals surface area (Å²) in [4.78, 5) is 19.1. The van der Waals surface area contributed by atoms with E-state index in [2.05, 4.69) is 0 Å². The summed E-state index contributed by atoms with van der Waals surface area (Å²) in [5, 5.41) is 0.893. The molecule has 0 radical (unpaired) electrons. The van der Waals surface area contributed by atoms with Crippen molar-refractivity contribution >= 4 is 11.3 Å². The van der Waals surface area contributed by atoms with Crippen LogP contribution in [0, 0.1) is 13.8 Å². The van der Waals surface area contributed by atoms with Gasteiger partial charge in [-0.2, -0.15) is 0 Å². The van der Waals surface area contributed by atoms with Gasteiger partial charge in [0.15, 0.2) is 0 Å². The molecule has 142 valence electrons. The molecule has 28 heavy (non-hydrogen) atoms. The van der Waals surface area contributed by atoms with Gasteiger partial charge in [-0.25, -0.2) is 9.67 Å². The maximum absolute atomic E-state index is 13.3. The van der Waals surface area contributed by atoms with Gasteiger partial charge >= 0.3 is 0 Å². The molecule has 6 heteroatoms. The van der Waals surface area contributed by atoms with Gasteiger partial charge in [-0.15, -0.1) is 11.3 Å². The van der Waals surface area contributed by atoms with Crippen LogP contribution in [0.4, 0.5) is 0 Å². The van der Waals surface area contributed by atoms with Crippen molar-refractivity contribution in [2.24, 2.45) is 7.05 Å². The lowest BCUT2D eigenvalue weighted by Crippen LogP contribution is -2.20. The smallest absolute Gasteiger partial charge is 0.281 e. The van der Waals surface area contributed by atoms with Crippen LogP contribution in [0.1, 0.15) is 10.6 Å². The molecule has 2 aromatic heterocycles. The average Bonchev–Trinajstić information content (AvgIpc) is 3.19. The monoisotopic (exact) mass is 391 g/mol. The normalized spacial score (nSPS) is 11.0. The molecule has 0 saturated heterocycles. The highest BCUT2D eigenvalue weighted by atomic mass is 32.1. The third-order valence-corrected chi connectivity index (χ3v) is 5.94. The molecule has 5 nitrogen and oxygen atoms in total. The molecule has 0 unspecified atom stereocenters. The van der Waals surface area contributed by atoms with Crippen LogP contribution in [-0.4, -0.2) is 21.5 Å². The Morgan fingerprint density at radius 1 is 1.00 bits per heavy atom. The summed E-state index contributed by atoms with van der Waals surface area (Å²) in [6.07, 6.45) is 0. The fourth-order valence-corrected chi connectivity index (χ4v) is 4.25. The molecule has 0 atom stereocenters. The number of aryl methyl sites for hydroxylation is 1. The van der Waals surface area contributed by atoms with Gasteiger partial charge < -0.3 is 4.74 Å². The molecule has 0 saturated carbocycles. The standard InChI is InChI=1S/C22H21N3O2S/c1-14-19(22(26)25(24(14)3)17-8-6-5-7-9-17)20-15(2)28-21(23-20)16-10-12-18(27-4)13-11-16/h5-13H,1-4H3. The minimum Gasteiger partial charge on any atom is -0.497 e. The van der Waals surface area contributed by atoms with Gasteiger partial charge in [0.25, 0.3) is 5.56 Å². The Morgan fingerprint density at radius 3 is 2.32 bits per heavy atom. The summed E-state index contributed by atoms with van der Waals surface area (Å²) in [5.74, 6) is 0.807. The fraction of sp³-hybridized carbons (Fsp3) is 0.182. The lowest BCUT2D eigenvalue weighted by atomic mass is 10.1. The Bertz CT molecular complexity index is 1190.